The summed E-state index contributed by atoms with van der Waals surface area (Å²) in [6, 6.07) is 14.7. The van der Waals surface area contributed by atoms with E-state index < -0.39 is 23.7 Å². The molecule has 1 aliphatic heterocycles. The van der Waals surface area contributed by atoms with Gasteiger partial charge in [0.25, 0.3) is 11.8 Å². The Balaban J connectivity index is 1.68. The summed E-state index contributed by atoms with van der Waals surface area (Å²) < 4.78 is 26.5. The topological polar surface area (TPSA) is 84.9 Å². The molecule has 3 aromatic rings. The minimum Gasteiger partial charge on any atom is -0.490 e. The number of halogens is 3. The Morgan fingerprint density at radius 3 is 2.50 bits per heavy atom. The lowest BCUT2D eigenvalue weighted by Gasteiger charge is -2.26. The number of rotatable bonds is 7. The molecule has 0 aromatic heterocycles. The molecule has 0 atom stereocenters. The Morgan fingerprint density at radius 1 is 1.06 bits per heavy atom. The van der Waals surface area contributed by atoms with Crippen molar-refractivity contribution >= 4 is 57.1 Å². The van der Waals surface area contributed by atoms with E-state index >= 15 is 0 Å². The van der Waals surface area contributed by atoms with E-state index in [0.717, 1.165) is 11.6 Å². The fraction of sp³-hybridized carbons (Fsp3) is 0.115. The number of urea groups is 1. The van der Waals surface area contributed by atoms with Crippen LogP contribution in [0.2, 0.25) is 5.02 Å². The third kappa shape index (κ3) is 5.27. The van der Waals surface area contributed by atoms with Gasteiger partial charge in [0.15, 0.2) is 11.5 Å². The van der Waals surface area contributed by atoms with Crippen molar-refractivity contribution in [1.29, 1.82) is 0 Å². The highest BCUT2D eigenvalue weighted by Gasteiger charge is 2.38. The molecule has 3 aromatic carbocycles. The lowest BCUT2D eigenvalue weighted by Crippen LogP contribution is -2.54. The highest BCUT2D eigenvalue weighted by atomic mass is 79.9. The lowest BCUT2D eigenvalue weighted by molar-refractivity contribution is -0.122. The number of barbiturate groups is 1. The number of imide groups is 2. The molecule has 0 radical (unpaired) electrons. The monoisotopic (exact) mass is 572 g/mol. The van der Waals surface area contributed by atoms with Gasteiger partial charge in [-0.1, -0.05) is 41.9 Å². The van der Waals surface area contributed by atoms with Gasteiger partial charge in [0.2, 0.25) is 0 Å². The molecule has 184 valence electrons. The molecule has 1 aliphatic rings. The summed E-state index contributed by atoms with van der Waals surface area (Å²) in [4.78, 5) is 38.5. The molecule has 1 N–H and O–H groups in total. The first-order chi connectivity index (χ1) is 17.3. The fourth-order valence-corrected chi connectivity index (χ4v) is 4.28. The van der Waals surface area contributed by atoms with Crippen molar-refractivity contribution in [3.8, 4) is 11.5 Å². The summed E-state index contributed by atoms with van der Waals surface area (Å²) in [6.45, 7) is 2.30. The zero-order chi connectivity index (χ0) is 25.8. The first-order valence-corrected chi connectivity index (χ1v) is 12.0. The van der Waals surface area contributed by atoms with Crippen molar-refractivity contribution in [2.75, 3.05) is 11.5 Å². The Morgan fingerprint density at radius 2 is 1.78 bits per heavy atom. The number of carbonyl (C=O) groups excluding carboxylic acids is 3. The van der Waals surface area contributed by atoms with Gasteiger partial charge in [-0.25, -0.2) is 14.1 Å². The molecule has 4 amide bonds. The first kappa shape index (κ1) is 25.4. The van der Waals surface area contributed by atoms with Crippen LogP contribution in [0.5, 0.6) is 11.5 Å². The standard InChI is InChI=1S/C26H19BrClFN2O5/c1-2-35-22-13-15(12-18(27)23(22)36-14-16-7-3-4-8-19(16)28)11-17-24(32)30-26(34)31(25(17)33)21-10-6-5-9-20(21)29/h3-13H,2,14H2,1H3,(H,30,32,34)/b17-11-. The predicted molar refractivity (Wildman–Crippen MR) is 136 cm³/mol. The van der Waals surface area contributed by atoms with Crippen LogP contribution in [-0.2, 0) is 16.2 Å². The molecule has 7 nitrogen and oxygen atoms in total. The van der Waals surface area contributed by atoms with E-state index in [9.17, 15) is 18.8 Å². The van der Waals surface area contributed by atoms with Crippen molar-refractivity contribution in [3.05, 3.63) is 92.7 Å². The maximum absolute atomic E-state index is 14.3. The molecule has 36 heavy (non-hydrogen) atoms. The summed E-state index contributed by atoms with van der Waals surface area (Å²) in [6.07, 6.45) is 1.29. The number of hydrogen-bond donors (Lipinski definition) is 1. The number of carbonyl (C=O) groups is 3. The molecule has 0 saturated carbocycles. The average Bonchev–Trinajstić information content (AvgIpc) is 2.83. The van der Waals surface area contributed by atoms with Crippen LogP contribution in [0.15, 0.2) is 70.7 Å². The molecule has 0 spiro atoms. The molecule has 0 aliphatic carbocycles. The van der Waals surface area contributed by atoms with E-state index in [1.807, 2.05) is 18.2 Å². The number of nitrogens with zero attached hydrogens (tertiary/aromatic N) is 1. The van der Waals surface area contributed by atoms with Gasteiger partial charge < -0.3 is 9.47 Å². The summed E-state index contributed by atoms with van der Waals surface area (Å²) in [5, 5.41) is 2.64. The quantitative estimate of drug-likeness (QED) is 0.282. The second kappa shape index (κ2) is 10.9. The zero-order valence-electron chi connectivity index (χ0n) is 18.9. The molecular weight excluding hydrogens is 555 g/mol. The number of nitrogens with one attached hydrogen (secondary N) is 1. The zero-order valence-corrected chi connectivity index (χ0v) is 21.2. The van der Waals surface area contributed by atoms with Crippen LogP contribution in [0.25, 0.3) is 6.08 Å². The van der Waals surface area contributed by atoms with Crippen molar-refractivity contribution in [2.45, 2.75) is 13.5 Å². The molecule has 1 fully saturated rings. The molecule has 4 rings (SSSR count). The second-order valence-corrected chi connectivity index (χ2v) is 8.81. The summed E-state index contributed by atoms with van der Waals surface area (Å²) in [7, 11) is 0. The van der Waals surface area contributed by atoms with Crippen molar-refractivity contribution in [3.63, 3.8) is 0 Å². The van der Waals surface area contributed by atoms with E-state index in [0.29, 0.717) is 38.1 Å². The van der Waals surface area contributed by atoms with Gasteiger partial charge in [-0.15, -0.1) is 0 Å². The maximum atomic E-state index is 14.3. The number of para-hydroxylation sites is 1. The molecule has 10 heteroatoms. The molecule has 0 unspecified atom stereocenters. The minimum absolute atomic E-state index is 0.180. The molecule has 1 heterocycles. The molecule has 1 saturated heterocycles. The van der Waals surface area contributed by atoms with E-state index in [4.69, 9.17) is 21.1 Å². The van der Waals surface area contributed by atoms with E-state index in [-0.39, 0.29) is 17.9 Å². The number of benzene rings is 3. The maximum Gasteiger partial charge on any atom is 0.336 e. The number of amides is 4. The van der Waals surface area contributed by atoms with Crippen LogP contribution in [0.4, 0.5) is 14.9 Å². The van der Waals surface area contributed by atoms with Gasteiger partial charge in [0, 0.05) is 10.6 Å². The Kier molecular flexibility index (Phi) is 7.71. The van der Waals surface area contributed by atoms with Crippen LogP contribution < -0.4 is 19.7 Å². The van der Waals surface area contributed by atoms with Gasteiger partial charge >= 0.3 is 6.03 Å². The van der Waals surface area contributed by atoms with Crippen LogP contribution in [0, 0.1) is 5.82 Å². The number of anilines is 1. The lowest BCUT2D eigenvalue weighted by atomic mass is 10.1. The normalized spacial score (nSPS) is 14.7. The van der Waals surface area contributed by atoms with Gasteiger partial charge in [0.05, 0.1) is 16.8 Å². The average molecular weight is 574 g/mol. The molecular formula is C26H19BrClFN2O5. The third-order valence-electron chi connectivity index (χ3n) is 5.17. The van der Waals surface area contributed by atoms with Gasteiger partial charge in [-0.2, -0.15) is 0 Å². The van der Waals surface area contributed by atoms with Crippen LogP contribution >= 0.6 is 27.5 Å². The smallest absolute Gasteiger partial charge is 0.336 e. The summed E-state index contributed by atoms with van der Waals surface area (Å²) in [5.41, 5.74) is 0.577. The second-order valence-electron chi connectivity index (χ2n) is 7.55. The largest absolute Gasteiger partial charge is 0.490 e. The minimum atomic E-state index is -1.04. The third-order valence-corrected chi connectivity index (χ3v) is 6.13. The van der Waals surface area contributed by atoms with Crippen LogP contribution in [0.3, 0.4) is 0 Å². The summed E-state index contributed by atoms with van der Waals surface area (Å²) in [5.74, 6) is -1.87. The van der Waals surface area contributed by atoms with Gasteiger partial charge in [-0.3, -0.25) is 14.9 Å². The first-order valence-electron chi connectivity index (χ1n) is 10.8. The van der Waals surface area contributed by atoms with Crippen molar-refractivity contribution in [2.24, 2.45) is 0 Å². The van der Waals surface area contributed by atoms with Gasteiger partial charge in [0.1, 0.15) is 18.0 Å². The van der Waals surface area contributed by atoms with Crippen LogP contribution in [0.1, 0.15) is 18.1 Å². The van der Waals surface area contributed by atoms with E-state index in [2.05, 4.69) is 21.2 Å². The van der Waals surface area contributed by atoms with Crippen molar-refractivity contribution in [1.82, 2.24) is 5.32 Å². The predicted octanol–water partition coefficient (Wildman–Crippen LogP) is 5.89. The Hall–Kier alpha value is -3.69. The Bertz CT molecular complexity index is 1390. The molecule has 0 bridgehead atoms. The number of hydrogen-bond acceptors (Lipinski definition) is 5. The van der Waals surface area contributed by atoms with E-state index in [1.54, 1.807) is 25.1 Å². The highest BCUT2D eigenvalue weighted by Crippen LogP contribution is 2.38. The van der Waals surface area contributed by atoms with Crippen LogP contribution in [-0.4, -0.2) is 24.5 Å². The highest BCUT2D eigenvalue weighted by molar-refractivity contribution is 9.10. The van der Waals surface area contributed by atoms with E-state index in [1.165, 1.54) is 24.3 Å². The Labute approximate surface area is 219 Å². The van der Waals surface area contributed by atoms with Crippen molar-refractivity contribution < 1.29 is 28.2 Å². The van der Waals surface area contributed by atoms with Gasteiger partial charge in [-0.05, 0) is 64.8 Å². The number of ether oxygens (including phenoxy) is 2. The SMILES string of the molecule is CCOc1cc(/C=C2/C(=O)NC(=O)N(c3ccccc3F)C2=O)cc(Br)c1OCc1ccccc1Cl. The summed E-state index contributed by atoms with van der Waals surface area (Å²) >= 11 is 9.67. The fourth-order valence-electron chi connectivity index (χ4n) is 3.52.